The van der Waals surface area contributed by atoms with Crippen molar-refractivity contribution < 1.29 is 19.1 Å². The molecule has 1 N–H and O–H groups in total. The van der Waals surface area contributed by atoms with Gasteiger partial charge < -0.3 is 9.47 Å². The summed E-state index contributed by atoms with van der Waals surface area (Å²) < 4.78 is 11.4. The highest BCUT2D eigenvalue weighted by Crippen LogP contribution is 2.28. The van der Waals surface area contributed by atoms with E-state index < -0.39 is 0 Å². The lowest BCUT2D eigenvalue weighted by Crippen LogP contribution is -2.13. The van der Waals surface area contributed by atoms with Gasteiger partial charge in [-0.05, 0) is 38.1 Å². The van der Waals surface area contributed by atoms with E-state index in [1.165, 1.54) is 17.5 Å². The van der Waals surface area contributed by atoms with Gasteiger partial charge in [0.25, 0.3) is 5.91 Å². The first-order valence-corrected chi connectivity index (χ1v) is 10.2. The summed E-state index contributed by atoms with van der Waals surface area (Å²) in [5.74, 6) is 1.04. The van der Waals surface area contributed by atoms with Crippen LogP contribution in [-0.4, -0.2) is 25.8 Å². The number of carbonyl (C=O) groups excluding carboxylic acids is 2. The minimum Gasteiger partial charge on any atom is -0.491 e. The molecule has 0 aliphatic heterocycles. The molecule has 0 atom stereocenters. The van der Waals surface area contributed by atoms with Crippen LogP contribution in [0.3, 0.4) is 0 Å². The van der Waals surface area contributed by atoms with Crippen LogP contribution < -0.4 is 14.8 Å². The summed E-state index contributed by atoms with van der Waals surface area (Å²) in [5.41, 5.74) is 0.712. The van der Waals surface area contributed by atoms with Gasteiger partial charge in [0.15, 0.2) is 5.13 Å². The molecule has 0 aliphatic carbocycles. The monoisotopic (exact) mass is 509 g/mol. The molecular weight excluding hydrogens is 493 g/mol. The number of nitrogens with zero attached hydrogens (tertiary/aromatic N) is 2. The maximum absolute atomic E-state index is 12.6. The molecule has 3 rings (SSSR count). The van der Waals surface area contributed by atoms with Gasteiger partial charge in [0.2, 0.25) is 3.79 Å². The lowest BCUT2D eigenvalue weighted by molar-refractivity contribution is 0.102. The van der Waals surface area contributed by atoms with E-state index in [0.717, 1.165) is 0 Å². The molecule has 7 nitrogen and oxygen atoms in total. The van der Waals surface area contributed by atoms with E-state index in [2.05, 4.69) is 15.3 Å². The summed E-state index contributed by atoms with van der Waals surface area (Å²) in [6.07, 6.45) is 3.00. The Labute approximate surface area is 179 Å². The maximum Gasteiger partial charge on any atom is 0.257 e. The first-order valence-electron chi connectivity index (χ1n) is 8.27. The largest absolute Gasteiger partial charge is 0.491 e. The van der Waals surface area contributed by atoms with Crippen molar-refractivity contribution in [1.82, 2.24) is 9.97 Å². The van der Waals surface area contributed by atoms with Gasteiger partial charge in [-0.1, -0.05) is 0 Å². The van der Waals surface area contributed by atoms with Crippen LogP contribution in [0.15, 0.2) is 48.1 Å². The Kier molecular flexibility index (Phi) is 6.57. The Balaban J connectivity index is 1.86. The zero-order valence-corrected chi connectivity index (χ0v) is 18.0. The SMILES string of the molecule is CC(C)Oc1cc(Oc2ccc(C(=O)I)nc2)cc(C(=O)Nc2nccs2)c1. The minimum absolute atomic E-state index is 0.0688. The van der Waals surface area contributed by atoms with E-state index in [-0.39, 0.29) is 15.8 Å². The number of nitrogens with one attached hydrogen (secondary N) is 1. The van der Waals surface area contributed by atoms with Gasteiger partial charge in [0.05, 0.1) is 12.3 Å². The molecule has 0 aliphatic rings. The molecule has 144 valence electrons. The first-order chi connectivity index (χ1) is 13.4. The summed E-state index contributed by atoms with van der Waals surface area (Å²) >= 11 is 3.00. The molecular formula is C19H16IN3O4S. The molecule has 0 unspecified atom stereocenters. The van der Waals surface area contributed by atoms with Crippen LogP contribution in [-0.2, 0) is 0 Å². The van der Waals surface area contributed by atoms with Gasteiger partial charge in [-0.25, -0.2) is 9.97 Å². The van der Waals surface area contributed by atoms with Crippen LogP contribution in [0.2, 0.25) is 0 Å². The highest BCUT2D eigenvalue weighted by Gasteiger charge is 2.13. The van der Waals surface area contributed by atoms with E-state index in [0.29, 0.717) is 33.6 Å². The summed E-state index contributed by atoms with van der Waals surface area (Å²) in [5, 5.41) is 5.02. The third kappa shape index (κ3) is 5.49. The van der Waals surface area contributed by atoms with E-state index in [1.807, 2.05) is 13.8 Å². The van der Waals surface area contributed by atoms with Crippen molar-refractivity contribution in [3.63, 3.8) is 0 Å². The molecule has 9 heteroatoms. The lowest BCUT2D eigenvalue weighted by Gasteiger charge is -2.14. The van der Waals surface area contributed by atoms with Crippen molar-refractivity contribution in [2.75, 3.05) is 5.32 Å². The van der Waals surface area contributed by atoms with Crippen molar-refractivity contribution in [2.24, 2.45) is 0 Å². The summed E-state index contributed by atoms with van der Waals surface area (Å²) in [4.78, 5) is 32.0. The van der Waals surface area contributed by atoms with E-state index >= 15 is 0 Å². The zero-order chi connectivity index (χ0) is 20.1. The predicted molar refractivity (Wildman–Crippen MR) is 115 cm³/mol. The van der Waals surface area contributed by atoms with Gasteiger partial charge in [-0.3, -0.25) is 14.9 Å². The number of ether oxygens (including phenoxy) is 2. The molecule has 0 spiro atoms. The van der Waals surface area contributed by atoms with Crippen LogP contribution >= 0.6 is 33.9 Å². The zero-order valence-electron chi connectivity index (χ0n) is 15.0. The standard InChI is InChI=1S/C19H16IN3O4S/c1-11(2)26-14-7-12(18(25)23-19-21-5-6-28-19)8-15(9-14)27-13-3-4-16(17(20)24)22-10-13/h3-11H,1-2H3,(H,21,23,25). The van der Waals surface area contributed by atoms with E-state index in [1.54, 1.807) is 64.5 Å². The number of benzene rings is 1. The molecule has 0 radical (unpaired) electrons. The Morgan fingerprint density at radius 1 is 1.11 bits per heavy atom. The second-order valence-electron chi connectivity index (χ2n) is 5.91. The van der Waals surface area contributed by atoms with Crippen LogP contribution in [0.1, 0.15) is 34.7 Å². The van der Waals surface area contributed by atoms with Crippen molar-refractivity contribution in [3.8, 4) is 17.2 Å². The number of halogens is 1. The molecule has 0 saturated heterocycles. The molecule has 1 aromatic carbocycles. The molecule has 2 heterocycles. The Hall–Kier alpha value is -2.53. The molecule has 2 aromatic heterocycles. The molecule has 3 aromatic rings. The predicted octanol–water partition coefficient (Wildman–Crippen LogP) is 4.95. The van der Waals surface area contributed by atoms with Gasteiger partial charge >= 0.3 is 0 Å². The fourth-order valence-electron chi connectivity index (χ4n) is 2.25. The van der Waals surface area contributed by atoms with Gasteiger partial charge in [-0.2, -0.15) is 0 Å². The Morgan fingerprint density at radius 2 is 1.89 bits per heavy atom. The molecule has 0 saturated carbocycles. The number of rotatable bonds is 7. The van der Waals surface area contributed by atoms with Gasteiger partial charge in [-0.15, -0.1) is 11.3 Å². The molecule has 0 fully saturated rings. The number of anilines is 1. The van der Waals surface area contributed by atoms with Crippen molar-refractivity contribution in [1.29, 1.82) is 0 Å². The summed E-state index contributed by atoms with van der Waals surface area (Å²) in [6, 6.07) is 8.16. The second kappa shape index (κ2) is 9.11. The third-order valence-corrected chi connectivity index (χ3v) is 4.58. The Morgan fingerprint density at radius 3 is 2.50 bits per heavy atom. The molecule has 28 heavy (non-hydrogen) atoms. The highest BCUT2D eigenvalue weighted by atomic mass is 127. The fourth-order valence-corrected chi connectivity index (χ4v) is 3.09. The van der Waals surface area contributed by atoms with Gasteiger partial charge in [0, 0.05) is 45.8 Å². The van der Waals surface area contributed by atoms with Crippen LogP contribution in [0.4, 0.5) is 5.13 Å². The van der Waals surface area contributed by atoms with Crippen LogP contribution in [0, 0.1) is 0 Å². The third-order valence-electron chi connectivity index (χ3n) is 3.34. The van der Waals surface area contributed by atoms with E-state index in [4.69, 9.17) is 9.47 Å². The minimum atomic E-state index is -0.321. The van der Waals surface area contributed by atoms with Gasteiger partial charge in [0.1, 0.15) is 22.9 Å². The van der Waals surface area contributed by atoms with Crippen molar-refractivity contribution >= 4 is 48.8 Å². The lowest BCUT2D eigenvalue weighted by atomic mass is 10.2. The number of carbonyl (C=O) groups is 2. The normalized spacial score (nSPS) is 10.6. The quantitative estimate of drug-likeness (QED) is 0.358. The average molecular weight is 509 g/mol. The number of hydrogen-bond donors (Lipinski definition) is 1. The highest BCUT2D eigenvalue weighted by molar-refractivity contribution is 14.1. The number of pyridine rings is 1. The molecule has 1 amide bonds. The maximum atomic E-state index is 12.6. The Bertz CT molecular complexity index is 975. The smallest absolute Gasteiger partial charge is 0.257 e. The first kappa shape index (κ1) is 20.2. The average Bonchev–Trinajstić information content (AvgIpc) is 3.14. The number of hydrogen-bond acceptors (Lipinski definition) is 7. The fraction of sp³-hybridized carbons (Fsp3) is 0.158. The number of thiazole rings is 1. The van der Waals surface area contributed by atoms with Crippen LogP contribution in [0.5, 0.6) is 17.2 Å². The van der Waals surface area contributed by atoms with Crippen molar-refractivity contribution in [2.45, 2.75) is 20.0 Å². The second-order valence-corrected chi connectivity index (χ2v) is 7.78. The van der Waals surface area contributed by atoms with Crippen molar-refractivity contribution in [3.05, 3.63) is 59.4 Å². The molecule has 0 bridgehead atoms. The topological polar surface area (TPSA) is 90.4 Å². The van der Waals surface area contributed by atoms with E-state index in [9.17, 15) is 9.59 Å². The number of amides is 1. The summed E-state index contributed by atoms with van der Waals surface area (Å²) in [6.45, 7) is 3.79. The number of aromatic nitrogens is 2. The van der Waals surface area contributed by atoms with Crippen LogP contribution in [0.25, 0.3) is 0 Å². The summed E-state index contributed by atoms with van der Waals surface area (Å²) in [7, 11) is 0.